The lowest BCUT2D eigenvalue weighted by Gasteiger charge is -2.19. The summed E-state index contributed by atoms with van der Waals surface area (Å²) in [5.41, 5.74) is -0.295. The molecular weight excluding hydrogens is 300 g/mol. The molecule has 2 aromatic heterocycles. The molecule has 0 saturated heterocycles. The molecule has 1 amide bonds. The van der Waals surface area contributed by atoms with Crippen LogP contribution in [-0.2, 0) is 4.74 Å². The van der Waals surface area contributed by atoms with Gasteiger partial charge in [-0.15, -0.1) is 0 Å². The monoisotopic (exact) mass is 322 g/mol. The predicted molar refractivity (Wildman–Crippen MR) is 85.7 cm³/mol. The maximum atomic E-state index is 11.5. The largest absolute Gasteiger partial charge is 0.444 e. The fraction of sp³-hybridized carbons (Fsp3) is 0.571. The maximum Gasteiger partial charge on any atom is 0.407 e. The van der Waals surface area contributed by atoms with E-state index in [9.17, 15) is 9.59 Å². The first-order chi connectivity index (χ1) is 10.8. The second-order valence-electron chi connectivity index (χ2n) is 6.12. The number of anilines is 1. The van der Waals surface area contributed by atoms with Gasteiger partial charge in [0.1, 0.15) is 17.2 Å². The molecule has 0 aliphatic carbocycles. The second kappa shape index (κ2) is 6.67. The van der Waals surface area contributed by atoms with Gasteiger partial charge < -0.3 is 15.4 Å². The molecule has 2 heterocycles. The Balaban J connectivity index is 1.79. The molecule has 0 radical (unpaired) electrons. The van der Waals surface area contributed by atoms with Crippen LogP contribution in [0.3, 0.4) is 0 Å². The number of rotatable bonds is 5. The summed E-state index contributed by atoms with van der Waals surface area (Å²) in [4.78, 5) is 27.3. The van der Waals surface area contributed by atoms with E-state index < -0.39 is 11.7 Å². The number of nitrogens with zero attached hydrogens (tertiary/aromatic N) is 3. The van der Waals surface area contributed by atoms with Crippen LogP contribution in [-0.4, -0.2) is 44.4 Å². The number of alkyl carbamates (subject to hydrolysis) is 1. The number of H-pyrrole nitrogens is 1. The minimum absolute atomic E-state index is 0.307. The van der Waals surface area contributed by atoms with Gasteiger partial charge in [0.2, 0.25) is 0 Å². The van der Waals surface area contributed by atoms with E-state index in [-0.39, 0.29) is 5.69 Å². The number of ether oxygens (including phenoxy) is 1. The Morgan fingerprint density at radius 1 is 1.39 bits per heavy atom. The van der Waals surface area contributed by atoms with Gasteiger partial charge in [-0.2, -0.15) is 5.10 Å². The first kappa shape index (κ1) is 16.8. The van der Waals surface area contributed by atoms with Crippen molar-refractivity contribution in [2.24, 2.45) is 0 Å². The molecular formula is C14H22N6O3. The van der Waals surface area contributed by atoms with Crippen LogP contribution in [0.15, 0.2) is 10.9 Å². The average molecular weight is 322 g/mol. The normalized spacial score (nSPS) is 11.5. The third-order valence-electron chi connectivity index (χ3n) is 2.90. The van der Waals surface area contributed by atoms with Crippen molar-refractivity contribution in [2.45, 2.75) is 39.7 Å². The molecule has 0 unspecified atom stereocenters. The molecule has 0 saturated carbocycles. The van der Waals surface area contributed by atoms with E-state index >= 15 is 0 Å². The fourth-order valence-corrected chi connectivity index (χ4v) is 2.00. The van der Waals surface area contributed by atoms with Gasteiger partial charge in [0, 0.05) is 19.2 Å². The van der Waals surface area contributed by atoms with Crippen LogP contribution in [0.4, 0.5) is 10.6 Å². The van der Waals surface area contributed by atoms with E-state index in [4.69, 9.17) is 4.74 Å². The van der Waals surface area contributed by atoms with Crippen LogP contribution in [0.1, 0.15) is 33.0 Å². The first-order valence-corrected chi connectivity index (χ1v) is 7.42. The average Bonchev–Trinajstić information content (AvgIpc) is 2.78. The van der Waals surface area contributed by atoms with Gasteiger partial charge in [0.05, 0.1) is 0 Å². The fourth-order valence-electron chi connectivity index (χ4n) is 2.00. The van der Waals surface area contributed by atoms with E-state index in [1.807, 2.05) is 20.8 Å². The number of nitrogens with one attached hydrogen (secondary N) is 3. The van der Waals surface area contributed by atoms with E-state index in [0.29, 0.717) is 36.8 Å². The number of amides is 1. The third-order valence-corrected chi connectivity index (χ3v) is 2.90. The van der Waals surface area contributed by atoms with Crippen LogP contribution in [0.25, 0.3) is 5.65 Å². The Morgan fingerprint density at radius 3 is 2.83 bits per heavy atom. The molecule has 2 aromatic rings. The van der Waals surface area contributed by atoms with E-state index in [2.05, 4.69) is 25.8 Å². The summed E-state index contributed by atoms with van der Waals surface area (Å²) >= 11 is 0. The van der Waals surface area contributed by atoms with Crippen molar-refractivity contribution >= 4 is 17.6 Å². The molecule has 0 aromatic carbocycles. The Hall–Kier alpha value is -2.58. The molecule has 0 aliphatic heterocycles. The van der Waals surface area contributed by atoms with Crippen LogP contribution < -0.4 is 16.3 Å². The van der Waals surface area contributed by atoms with Crippen molar-refractivity contribution in [2.75, 3.05) is 18.4 Å². The van der Waals surface area contributed by atoms with E-state index in [1.54, 1.807) is 13.0 Å². The highest BCUT2D eigenvalue weighted by Crippen LogP contribution is 2.08. The number of hydrogen-bond donors (Lipinski definition) is 3. The SMILES string of the molecule is Cc1nc(NCCCNC(=O)OC(C)(C)C)cc2n[nH]c(=O)n12. The highest BCUT2D eigenvalue weighted by Gasteiger charge is 2.15. The van der Waals surface area contributed by atoms with Crippen molar-refractivity contribution in [3.63, 3.8) is 0 Å². The highest BCUT2D eigenvalue weighted by atomic mass is 16.6. The number of carbonyl (C=O) groups excluding carboxylic acids is 1. The molecule has 126 valence electrons. The van der Waals surface area contributed by atoms with Gasteiger partial charge in [0.25, 0.3) is 0 Å². The lowest BCUT2D eigenvalue weighted by molar-refractivity contribution is 0.0528. The number of hydrogen-bond acceptors (Lipinski definition) is 6. The smallest absolute Gasteiger partial charge is 0.407 e. The Kier molecular flexibility index (Phi) is 4.87. The molecule has 9 heteroatoms. The minimum Gasteiger partial charge on any atom is -0.444 e. The molecule has 0 atom stereocenters. The second-order valence-corrected chi connectivity index (χ2v) is 6.12. The zero-order chi connectivity index (χ0) is 17.0. The summed E-state index contributed by atoms with van der Waals surface area (Å²) in [7, 11) is 0. The quantitative estimate of drug-likeness (QED) is 0.709. The lowest BCUT2D eigenvalue weighted by atomic mass is 10.2. The van der Waals surface area contributed by atoms with Crippen molar-refractivity contribution in [1.29, 1.82) is 0 Å². The number of carbonyl (C=O) groups is 1. The van der Waals surface area contributed by atoms with Gasteiger partial charge in [-0.3, -0.25) is 0 Å². The van der Waals surface area contributed by atoms with Crippen LogP contribution in [0, 0.1) is 6.92 Å². The van der Waals surface area contributed by atoms with Crippen LogP contribution in [0.2, 0.25) is 0 Å². The maximum absolute atomic E-state index is 11.5. The standard InChI is InChI=1S/C14H22N6O3/c1-9-17-10(8-11-18-19-12(21)20(9)11)15-6-5-7-16-13(22)23-14(2,3)4/h8,15H,5-7H2,1-4H3,(H,16,22)(H,19,21). The molecule has 0 bridgehead atoms. The zero-order valence-corrected chi connectivity index (χ0v) is 13.8. The summed E-state index contributed by atoms with van der Waals surface area (Å²) in [6.07, 6.45) is 0.280. The van der Waals surface area contributed by atoms with Gasteiger partial charge in [0.15, 0.2) is 5.65 Å². The summed E-state index contributed by atoms with van der Waals surface area (Å²) in [5, 5.41) is 12.1. The Morgan fingerprint density at radius 2 is 2.13 bits per heavy atom. The van der Waals surface area contributed by atoms with Crippen LogP contribution in [0.5, 0.6) is 0 Å². The molecule has 2 rings (SSSR count). The minimum atomic E-state index is -0.499. The Labute approximate surface area is 133 Å². The number of aryl methyl sites for hydroxylation is 1. The number of fused-ring (bicyclic) bond motifs is 1. The lowest BCUT2D eigenvalue weighted by Crippen LogP contribution is -2.33. The zero-order valence-electron chi connectivity index (χ0n) is 13.8. The van der Waals surface area contributed by atoms with Crippen LogP contribution >= 0.6 is 0 Å². The van der Waals surface area contributed by atoms with Crippen molar-refractivity contribution in [1.82, 2.24) is 24.9 Å². The first-order valence-electron chi connectivity index (χ1n) is 7.42. The van der Waals surface area contributed by atoms with Gasteiger partial charge in [-0.1, -0.05) is 0 Å². The van der Waals surface area contributed by atoms with Crippen molar-refractivity contribution in [3.8, 4) is 0 Å². The topological polar surface area (TPSA) is 113 Å². The Bertz CT molecular complexity index is 743. The molecule has 0 fully saturated rings. The van der Waals surface area contributed by atoms with E-state index in [1.165, 1.54) is 4.40 Å². The van der Waals surface area contributed by atoms with Crippen molar-refractivity contribution < 1.29 is 9.53 Å². The molecule has 9 nitrogen and oxygen atoms in total. The predicted octanol–water partition coefficient (Wildman–Crippen LogP) is 1.05. The van der Waals surface area contributed by atoms with Gasteiger partial charge >= 0.3 is 11.8 Å². The highest BCUT2D eigenvalue weighted by molar-refractivity contribution is 5.67. The van der Waals surface area contributed by atoms with E-state index in [0.717, 1.165) is 0 Å². The summed E-state index contributed by atoms with van der Waals surface area (Å²) in [6.45, 7) is 8.30. The summed E-state index contributed by atoms with van der Waals surface area (Å²) < 4.78 is 6.54. The number of aromatic nitrogens is 4. The van der Waals surface area contributed by atoms with Gasteiger partial charge in [-0.25, -0.2) is 24.1 Å². The summed E-state index contributed by atoms with van der Waals surface area (Å²) in [5.74, 6) is 1.18. The molecule has 0 aliphatic rings. The third kappa shape index (κ3) is 4.70. The van der Waals surface area contributed by atoms with Crippen molar-refractivity contribution in [3.05, 3.63) is 22.4 Å². The molecule has 0 spiro atoms. The molecule has 3 N–H and O–H groups in total. The van der Waals surface area contributed by atoms with Gasteiger partial charge in [-0.05, 0) is 34.1 Å². The molecule has 23 heavy (non-hydrogen) atoms. The summed E-state index contributed by atoms with van der Waals surface area (Å²) in [6, 6.07) is 1.69. The number of aromatic amines is 1.